The van der Waals surface area contributed by atoms with Crippen LogP contribution in [0.2, 0.25) is 23.2 Å². The molecule has 1 fully saturated rings. The smallest absolute Gasteiger partial charge is 0.261 e. The molecule has 270 valence electrons. The normalized spacial score (nSPS) is 23.7. The van der Waals surface area contributed by atoms with Gasteiger partial charge in [-0.1, -0.05) is 144 Å². The summed E-state index contributed by atoms with van der Waals surface area (Å²) in [5, 5.41) is 2.61. The van der Waals surface area contributed by atoms with E-state index in [4.69, 9.17) is 13.6 Å². The fraction of sp³-hybridized carbons (Fsp3) is 0.690. The van der Waals surface area contributed by atoms with Gasteiger partial charge in [0, 0.05) is 30.8 Å². The van der Waals surface area contributed by atoms with Crippen molar-refractivity contribution in [2.45, 2.75) is 150 Å². The minimum absolute atomic E-state index is 0.0137. The van der Waals surface area contributed by atoms with Gasteiger partial charge in [-0.15, -0.1) is 0 Å². The van der Waals surface area contributed by atoms with Crippen molar-refractivity contribution in [2.24, 2.45) is 29.6 Å². The van der Waals surface area contributed by atoms with Crippen LogP contribution in [0.1, 0.15) is 109 Å². The number of Topliss-reactive ketones (excluding diaryl/α,β-unsaturated/α-hetero) is 1. The number of hydrogen-bond donors (Lipinski definition) is 0. The SMILES string of the molecule is CCCC(=O)[C@@H](C)[C@@H](O[Si](C)(C)C(C)(C)C)[C@H](C)[C@@H]1O[C@@H]([C@@H](CC)CO[Si](c2ccccc2)(c2ccccc2)C(C)(C)C)[C@@H](C)C[C@@H]1C. The molecule has 0 unspecified atom stereocenters. The minimum Gasteiger partial charge on any atom is -0.413 e. The molecule has 48 heavy (non-hydrogen) atoms. The van der Waals surface area contributed by atoms with Gasteiger partial charge in [0.2, 0.25) is 0 Å². The second kappa shape index (κ2) is 16.6. The van der Waals surface area contributed by atoms with E-state index < -0.39 is 16.6 Å². The standard InChI is InChI=1S/C42H70O4Si2/c1-15-23-37(43)32(5)40(46-47(13,14)41(7,8)9)33(6)38-30(3)28-31(4)39(45-38)34(16-2)29-44-48(42(10,11)12,35-24-19-17-20-25-35)36-26-21-18-22-27-36/h17-22,24-27,30-34,38-40H,15-16,23,28-29H2,1-14H3/t30-,31-,32+,33+,34-,38+,39+,40+/m0/s1. The second-order valence-corrected chi connectivity index (χ2v) is 26.7. The molecule has 2 aromatic carbocycles. The van der Waals surface area contributed by atoms with Crippen LogP contribution in [0, 0.1) is 29.6 Å². The largest absolute Gasteiger partial charge is 0.413 e. The Kier molecular flexibility index (Phi) is 14.2. The van der Waals surface area contributed by atoms with Crippen LogP contribution in [0.25, 0.3) is 0 Å². The van der Waals surface area contributed by atoms with Crippen molar-refractivity contribution in [3.05, 3.63) is 60.7 Å². The highest BCUT2D eigenvalue weighted by Gasteiger charge is 2.52. The fourth-order valence-corrected chi connectivity index (χ4v) is 14.1. The van der Waals surface area contributed by atoms with E-state index >= 15 is 0 Å². The van der Waals surface area contributed by atoms with Crippen LogP contribution in [0.15, 0.2) is 60.7 Å². The Labute approximate surface area is 297 Å². The third-order valence-corrected chi connectivity index (χ3v) is 21.3. The summed E-state index contributed by atoms with van der Waals surface area (Å²) in [4.78, 5) is 13.4. The van der Waals surface area contributed by atoms with E-state index in [1.807, 2.05) is 0 Å². The molecular formula is C42H70O4Si2. The van der Waals surface area contributed by atoms with Gasteiger partial charge in [-0.25, -0.2) is 0 Å². The van der Waals surface area contributed by atoms with E-state index in [0.717, 1.165) is 19.3 Å². The van der Waals surface area contributed by atoms with E-state index in [9.17, 15) is 4.79 Å². The predicted octanol–water partition coefficient (Wildman–Crippen LogP) is 10.1. The molecule has 0 spiro atoms. The Morgan fingerprint density at radius 1 is 0.833 bits per heavy atom. The van der Waals surface area contributed by atoms with Crippen LogP contribution in [-0.4, -0.2) is 47.3 Å². The molecule has 1 saturated heterocycles. The Morgan fingerprint density at radius 3 is 1.77 bits per heavy atom. The molecule has 3 rings (SSSR count). The van der Waals surface area contributed by atoms with Crippen LogP contribution in [0.5, 0.6) is 0 Å². The van der Waals surface area contributed by atoms with Crippen LogP contribution >= 0.6 is 0 Å². The Balaban J connectivity index is 1.97. The maximum Gasteiger partial charge on any atom is 0.261 e. The fourth-order valence-electron chi connectivity index (χ4n) is 7.99. The lowest BCUT2D eigenvalue weighted by Gasteiger charge is -2.49. The van der Waals surface area contributed by atoms with E-state index in [2.05, 4.69) is 157 Å². The van der Waals surface area contributed by atoms with Gasteiger partial charge in [-0.3, -0.25) is 4.79 Å². The van der Waals surface area contributed by atoms with Crippen molar-refractivity contribution < 1.29 is 18.4 Å². The predicted molar refractivity (Wildman–Crippen MR) is 209 cm³/mol. The summed E-state index contributed by atoms with van der Waals surface area (Å²) in [7, 11) is -4.82. The zero-order valence-electron chi connectivity index (χ0n) is 33.1. The summed E-state index contributed by atoms with van der Waals surface area (Å²) in [6.07, 6.45) is 3.47. The van der Waals surface area contributed by atoms with Crippen molar-refractivity contribution in [2.75, 3.05) is 6.61 Å². The molecule has 0 N–H and O–H groups in total. The van der Waals surface area contributed by atoms with Gasteiger partial charge in [0.05, 0.1) is 18.3 Å². The lowest BCUT2D eigenvalue weighted by Crippen LogP contribution is -2.67. The first-order chi connectivity index (χ1) is 22.3. The Hall–Kier alpha value is -1.58. The molecule has 0 saturated carbocycles. The van der Waals surface area contributed by atoms with Crippen LogP contribution in [-0.2, 0) is 18.4 Å². The van der Waals surface area contributed by atoms with Crippen molar-refractivity contribution >= 4 is 32.8 Å². The Morgan fingerprint density at radius 2 is 1.33 bits per heavy atom. The highest BCUT2D eigenvalue weighted by molar-refractivity contribution is 6.99. The molecule has 0 bridgehead atoms. The molecule has 1 aliphatic rings. The average Bonchev–Trinajstić information content (AvgIpc) is 3.02. The minimum atomic E-state index is -2.67. The van der Waals surface area contributed by atoms with Gasteiger partial charge < -0.3 is 13.6 Å². The van der Waals surface area contributed by atoms with E-state index in [1.54, 1.807) is 0 Å². The maximum absolute atomic E-state index is 13.4. The molecule has 6 heteroatoms. The molecule has 2 aromatic rings. The van der Waals surface area contributed by atoms with Gasteiger partial charge in [-0.2, -0.15) is 0 Å². The summed E-state index contributed by atoms with van der Waals surface area (Å²) in [6, 6.07) is 21.9. The number of carbonyl (C=O) groups is 1. The molecule has 0 aliphatic carbocycles. The molecular weight excluding hydrogens is 625 g/mol. The number of ether oxygens (including phenoxy) is 1. The molecule has 1 aliphatic heterocycles. The summed E-state index contributed by atoms with van der Waals surface area (Å²) in [5.41, 5.74) is 0. The topological polar surface area (TPSA) is 44.8 Å². The van der Waals surface area contributed by atoms with Crippen molar-refractivity contribution in [3.63, 3.8) is 0 Å². The van der Waals surface area contributed by atoms with Gasteiger partial charge in [0.25, 0.3) is 8.32 Å². The summed E-state index contributed by atoms with van der Waals surface area (Å²) in [5.74, 6) is 1.28. The summed E-state index contributed by atoms with van der Waals surface area (Å²) in [6.45, 7) is 32.7. The first-order valence-corrected chi connectivity index (χ1v) is 23.7. The first-order valence-electron chi connectivity index (χ1n) is 18.9. The van der Waals surface area contributed by atoms with Crippen LogP contribution in [0.4, 0.5) is 0 Å². The van der Waals surface area contributed by atoms with Gasteiger partial charge in [-0.05, 0) is 64.6 Å². The molecule has 0 aromatic heterocycles. The number of rotatable bonds is 15. The Bertz CT molecular complexity index is 1230. The van der Waals surface area contributed by atoms with E-state index in [1.165, 1.54) is 10.4 Å². The number of ketones is 1. The average molecular weight is 695 g/mol. The zero-order valence-corrected chi connectivity index (χ0v) is 35.1. The highest BCUT2D eigenvalue weighted by Crippen LogP contribution is 2.44. The van der Waals surface area contributed by atoms with E-state index in [-0.39, 0.29) is 46.1 Å². The van der Waals surface area contributed by atoms with Crippen molar-refractivity contribution in [1.29, 1.82) is 0 Å². The lowest BCUT2D eigenvalue weighted by molar-refractivity contribution is -0.170. The van der Waals surface area contributed by atoms with Gasteiger partial charge >= 0.3 is 0 Å². The number of carbonyl (C=O) groups excluding carboxylic acids is 1. The highest BCUT2D eigenvalue weighted by atomic mass is 28.4. The summed E-state index contributed by atoms with van der Waals surface area (Å²) >= 11 is 0. The van der Waals surface area contributed by atoms with E-state index in [0.29, 0.717) is 30.6 Å². The zero-order chi connectivity index (χ0) is 36.1. The first kappa shape index (κ1) is 40.8. The molecule has 1 heterocycles. The summed E-state index contributed by atoms with van der Waals surface area (Å²) < 4.78 is 22.0. The maximum atomic E-state index is 13.4. The molecule has 4 nitrogen and oxygen atoms in total. The van der Waals surface area contributed by atoms with Crippen LogP contribution in [0.3, 0.4) is 0 Å². The number of hydrogen-bond acceptors (Lipinski definition) is 4. The third kappa shape index (κ3) is 9.01. The van der Waals surface area contributed by atoms with Gasteiger partial charge in [0.15, 0.2) is 8.32 Å². The molecule has 0 radical (unpaired) electrons. The number of benzene rings is 2. The van der Waals surface area contributed by atoms with Gasteiger partial charge in [0.1, 0.15) is 5.78 Å². The van der Waals surface area contributed by atoms with Crippen LogP contribution < -0.4 is 10.4 Å². The molecule has 0 amide bonds. The second-order valence-electron chi connectivity index (χ2n) is 17.6. The molecule has 8 atom stereocenters. The van der Waals surface area contributed by atoms with Crippen molar-refractivity contribution in [3.8, 4) is 0 Å². The quantitative estimate of drug-likeness (QED) is 0.174. The van der Waals surface area contributed by atoms with Crippen molar-refractivity contribution in [1.82, 2.24) is 0 Å². The monoisotopic (exact) mass is 694 g/mol. The third-order valence-electron chi connectivity index (χ3n) is 11.9. The lowest BCUT2D eigenvalue weighted by atomic mass is 9.75.